The van der Waals surface area contributed by atoms with Crippen LogP contribution in [-0.2, 0) is 17.8 Å². The molecule has 5 heteroatoms. The highest BCUT2D eigenvalue weighted by atomic mass is 16.5. The van der Waals surface area contributed by atoms with Gasteiger partial charge in [0.15, 0.2) is 0 Å². The molecule has 0 saturated carbocycles. The van der Waals surface area contributed by atoms with Gasteiger partial charge in [-0.1, -0.05) is 42.5 Å². The van der Waals surface area contributed by atoms with Crippen molar-refractivity contribution in [1.29, 1.82) is 0 Å². The Morgan fingerprint density at radius 3 is 2.86 bits per heavy atom. The van der Waals surface area contributed by atoms with E-state index < -0.39 is 5.91 Å². The Balaban J connectivity index is 1.41. The number of benzene rings is 2. The van der Waals surface area contributed by atoms with Crippen molar-refractivity contribution >= 4 is 22.9 Å². The van der Waals surface area contributed by atoms with Gasteiger partial charge < -0.3 is 4.98 Å². The zero-order chi connectivity index (χ0) is 19.3. The number of hydrogen-bond donors (Lipinski definition) is 3. The van der Waals surface area contributed by atoms with Gasteiger partial charge in [0.1, 0.15) is 0 Å². The monoisotopic (exact) mass is 375 g/mol. The molecule has 28 heavy (non-hydrogen) atoms. The molecular formula is C23H25N3O2. The maximum atomic E-state index is 11.1. The Bertz CT molecular complexity index is 975. The van der Waals surface area contributed by atoms with Crippen molar-refractivity contribution in [3.8, 4) is 0 Å². The van der Waals surface area contributed by atoms with Gasteiger partial charge in [-0.3, -0.25) is 14.9 Å². The topological polar surface area (TPSA) is 68.4 Å². The first-order chi connectivity index (χ1) is 13.7. The molecule has 1 fully saturated rings. The van der Waals surface area contributed by atoms with E-state index in [1.165, 1.54) is 40.9 Å². The number of carbonyl (C=O) groups is 1. The predicted octanol–water partition coefficient (Wildman–Crippen LogP) is 3.89. The van der Waals surface area contributed by atoms with E-state index in [-0.39, 0.29) is 0 Å². The molecule has 0 radical (unpaired) electrons. The van der Waals surface area contributed by atoms with E-state index in [9.17, 15) is 4.79 Å². The largest absolute Gasteiger partial charge is 0.361 e. The number of carbonyl (C=O) groups excluding carboxylic acids is 1. The van der Waals surface area contributed by atoms with Crippen LogP contribution in [0.1, 0.15) is 29.5 Å². The molecular weight excluding hydrogens is 350 g/mol. The highest BCUT2D eigenvalue weighted by Gasteiger charge is 2.25. The summed E-state index contributed by atoms with van der Waals surface area (Å²) in [5.74, 6) is -0.527. The molecule has 5 nitrogen and oxygen atoms in total. The number of H-pyrrole nitrogens is 1. The number of hydrogen-bond acceptors (Lipinski definition) is 3. The molecule has 3 N–H and O–H groups in total. The Kier molecular flexibility index (Phi) is 5.55. The lowest BCUT2D eigenvalue weighted by Gasteiger charge is -2.24. The number of aromatic nitrogens is 1. The molecule has 2 heterocycles. The fraction of sp³-hybridized carbons (Fsp3) is 0.261. The van der Waals surface area contributed by atoms with E-state index in [0.29, 0.717) is 6.04 Å². The number of likely N-dealkylation sites (tertiary alicyclic amines) is 1. The minimum Gasteiger partial charge on any atom is -0.361 e. The predicted molar refractivity (Wildman–Crippen MR) is 111 cm³/mol. The molecule has 1 aliphatic rings. The minimum absolute atomic E-state index is 0.527. The molecule has 1 amide bonds. The molecule has 4 rings (SSSR count). The van der Waals surface area contributed by atoms with Crippen LogP contribution in [0, 0.1) is 0 Å². The third kappa shape index (κ3) is 4.16. The van der Waals surface area contributed by atoms with Crippen molar-refractivity contribution < 1.29 is 10.0 Å². The summed E-state index contributed by atoms with van der Waals surface area (Å²) in [7, 11) is 0. The summed E-state index contributed by atoms with van der Waals surface area (Å²) >= 11 is 0. The molecule has 0 unspecified atom stereocenters. The van der Waals surface area contributed by atoms with Crippen molar-refractivity contribution in [3.63, 3.8) is 0 Å². The van der Waals surface area contributed by atoms with Crippen molar-refractivity contribution in [2.75, 3.05) is 6.54 Å². The quantitative estimate of drug-likeness (QED) is 0.348. The van der Waals surface area contributed by atoms with Gasteiger partial charge in [0, 0.05) is 35.8 Å². The number of hydroxylamine groups is 1. The summed E-state index contributed by atoms with van der Waals surface area (Å²) in [5.41, 5.74) is 6.41. The fourth-order valence-corrected chi connectivity index (χ4v) is 4.07. The lowest BCUT2D eigenvalue weighted by molar-refractivity contribution is -0.124. The average Bonchev–Trinajstić information content (AvgIpc) is 3.35. The normalized spacial score (nSPS) is 17.5. The van der Waals surface area contributed by atoms with Crippen molar-refractivity contribution in [2.45, 2.75) is 31.8 Å². The Labute approximate surface area is 164 Å². The van der Waals surface area contributed by atoms with Crippen molar-refractivity contribution in [3.05, 3.63) is 77.5 Å². The number of nitrogens with one attached hydrogen (secondary N) is 2. The molecule has 0 spiro atoms. The van der Waals surface area contributed by atoms with Gasteiger partial charge in [-0.2, -0.15) is 0 Å². The summed E-state index contributed by atoms with van der Waals surface area (Å²) in [4.78, 5) is 17.0. The molecule has 3 aromatic rings. The van der Waals surface area contributed by atoms with E-state index in [4.69, 9.17) is 5.21 Å². The molecule has 2 aromatic carbocycles. The minimum atomic E-state index is -0.527. The smallest absolute Gasteiger partial charge is 0.267 e. The van der Waals surface area contributed by atoms with Crippen LogP contribution in [0.3, 0.4) is 0 Å². The van der Waals surface area contributed by atoms with Crippen LogP contribution >= 0.6 is 0 Å². The second-order valence-corrected chi connectivity index (χ2v) is 7.38. The summed E-state index contributed by atoms with van der Waals surface area (Å²) in [6, 6.07) is 17.3. The summed E-state index contributed by atoms with van der Waals surface area (Å²) < 4.78 is 0. The second kappa shape index (κ2) is 8.42. The van der Waals surface area contributed by atoms with Crippen LogP contribution < -0.4 is 5.48 Å². The maximum absolute atomic E-state index is 11.1. The number of amides is 1. The average molecular weight is 375 g/mol. The van der Waals surface area contributed by atoms with Crippen molar-refractivity contribution in [1.82, 2.24) is 15.4 Å². The fourth-order valence-electron chi connectivity index (χ4n) is 4.07. The van der Waals surface area contributed by atoms with E-state index in [2.05, 4.69) is 52.5 Å². The molecule has 1 atom stereocenters. The first-order valence-electron chi connectivity index (χ1n) is 9.73. The third-order valence-corrected chi connectivity index (χ3v) is 5.53. The summed E-state index contributed by atoms with van der Waals surface area (Å²) in [6.07, 6.45) is 8.70. The molecule has 0 bridgehead atoms. The lowest BCUT2D eigenvalue weighted by Crippen LogP contribution is -2.30. The number of para-hydroxylation sites is 1. The summed E-state index contributed by atoms with van der Waals surface area (Å²) in [6.45, 7) is 2.07. The Morgan fingerprint density at radius 2 is 2.04 bits per heavy atom. The molecule has 0 aliphatic carbocycles. The maximum Gasteiger partial charge on any atom is 0.267 e. The molecule has 144 valence electrons. The molecule has 1 aliphatic heterocycles. The zero-order valence-corrected chi connectivity index (χ0v) is 15.8. The standard InChI is InChI=1S/C23H25N3O2/c27-23(25-28)12-11-17-7-9-18(10-8-17)16-26-13-3-4-20(26)14-19-15-24-22-6-2-1-5-21(19)22/h1-2,5-12,15,20,24,28H,3-4,13-14,16H2,(H,25,27)/t20-/m0/s1. The second-order valence-electron chi connectivity index (χ2n) is 7.38. The van der Waals surface area contributed by atoms with Crippen molar-refractivity contribution in [2.24, 2.45) is 0 Å². The zero-order valence-electron chi connectivity index (χ0n) is 15.8. The number of fused-ring (bicyclic) bond motifs is 1. The van der Waals surface area contributed by atoms with Gasteiger partial charge in [0.05, 0.1) is 0 Å². The van der Waals surface area contributed by atoms with E-state index in [1.54, 1.807) is 11.6 Å². The molecule has 1 aromatic heterocycles. The highest BCUT2D eigenvalue weighted by molar-refractivity contribution is 5.90. The van der Waals surface area contributed by atoms with E-state index in [1.807, 2.05) is 12.1 Å². The van der Waals surface area contributed by atoms with Crippen LogP contribution in [0.15, 0.2) is 60.8 Å². The van der Waals surface area contributed by atoms with Gasteiger partial charge in [-0.25, -0.2) is 5.48 Å². The van der Waals surface area contributed by atoms with Crippen LogP contribution in [0.2, 0.25) is 0 Å². The SMILES string of the molecule is O=C(C=Cc1ccc(CN2CCC[C@H]2Cc2c[nH]c3ccccc23)cc1)NO. The number of rotatable bonds is 6. The van der Waals surface area contributed by atoms with Crippen LogP contribution in [0.25, 0.3) is 17.0 Å². The Hall–Kier alpha value is -2.89. The van der Waals surface area contributed by atoms with Gasteiger partial charge >= 0.3 is 0 Å². The lowest BCUT2D eigenvalue weighted by atomic mass is 10.0. The van der Waals surface area contributed by atoms with Gasteiger partial charge in [-0.15, -0.1) is 0 Å². The Morgan fingerprint density at radius 1 is 1.21 bits per heavy atom. The highest BCUT2D eigenvalue weighted by Crippen LogP contribution is 2.27. The first kappa shape index (κ1) is 18.5. The van der Waals surface area contributed by atoms with Gasteiger partial charge in [0.2, 0.25) is 0 Å². The third-order valence-electron chi connectivity index (χ3n) is 5.53. The van der Waals surface area contributed by atoms with E-state index in [0.717, 1.165) is 25.1 Å². The number of nitrogens with zero attached hydrogens (tertiary/aromatic N) is 1. The first-order valence-corrected chi connectivity index (χ1v) is 9.73. The van der Waals surface area contributed by atoms with Crippen LogP contribution in [-0.4, -0.2) is 33.6 Å². The number of aromatic amines is 1. The molecule has 1 saturated heterocycles. The summed E-state index contributed by atoms with van der Waals surface area (Å²) in [5, 5.41) is 9.86. The van der Waals surface area contributed by atoms with Gasteiger partial charge in [-0.05, 0) is 54.6 Å². The van der Waals surface area contributed by atoms with Crippen LogP contribution in [0.4, 0.5) is 0 Å². The van der Waals surface area contributed by atoms with Crippen LogP contribution in [0.5, 0.6) is 0 Å². The van der Waals surface area contributed by atoms with E-state index >= 15 is 0 Å². The van der Waals surface area contributed by atoms with Gasteiger partial charge in [0.25, 0.3) is 5.91 Å².